The smallest absolute Gasteiger partial charge is 0.133 e. The molecule has 4 heteroatoms. The average molecular weight is 316 g/mol. The fraction of sp³-hybridized carbons (Fsp3) is 0.571. The number of likely N-dealkylation sites (N-methyl/N-ethyl adjacent to an activating group) is 1. The highest BCUT2D eigenvalue weighted by Crippen LogP contribution is 2.25. The van der Waals surface area contributed by atoms with Crippen molar-refractivity contribution in [1.29, 1.82) is 0 Å². The van der Waals surface area contributed by atoms with Gasteiger partial charge in [0.05, 0.1) is 18.2 Å². The number of methoxy groups -OCH3 is 1. The predicted octanol–water partition coefficient (Wildman–Crippen LogP) is 3.32. The fourth-order valence-corrected chi connectivity index (χ4v) is 2.34. The van der Waals surface area contributed by atoms with E-state index in [2.05, 4.69) is 39.9 Å². The lowest BCUT2D eigenvalue weighted by Crippen LogP contribution is -2.27. The van der Waals surface area contributed by atoms with Gasteiger partial charge in [-0.2, -0.15) is 0 Å². The summed E-state index contributed by atoms with van der Waals surface area (Å²) in [5, 5.41) is 0. The zero-order chi connectivity index (χ0) is 13.4. The minimum atomic E-state index is 0.783. The third kappa shape index (κ3) is 4.96. The van der Waals surface area contributed by atoms with Crippen molar-refractivity contribution >= 4 is 15.9 Å². The number of hydrogen-bond acceptors (Lipinski definition) is 3. The van der Waals surface area contributed by atoms with Gasteiger partial charge in [0.25, 0.3) is 0 Å². The molecule has 102 valence electrons. The maximum Gasteiger partial charge on any atom is 0.133 e. The first-order valence-electron chi connectivity index (χ1n) is 6.33. The van der Waals surface area contributed by atoms with Crippen molar-refractivity contribution in [2.45, 2.75) is 20.4 Å². The summed E-state index contributed by atoms with van der Waals surface area (Å²) in [6, 6.07) is 6.21. The predicted molar refractivity (Wildman–Crippen MR) is 78.1 cm³/mol. The van der Waals surface area contributed by atoms with E-state index in [0.717, 1.165) is 43.1 Å². The highest BCUT2D eigenvalue weighted by Gasteiger charge is 2.06. The van der Waals surface area contributed by atoms with Crippen LogP contribution in [-0.4, -0.2) is 38.3 Å². The van der Waals surface area contributed by atoms with Gasteiger partial charge in [0, 0.05) is 19.7 Å². The number of halogens is 1. The van der Waals surface area contributed by atoms with Crippen molar-refractivity contribution < 1.29 is 9.47 Å². The molecule has 18 heavy (non-hydrogen) atoms. The molecule has 0 saturated carbocycles. The Kier molecular flexibility index (Phi) is 7.32. The molecule has 0 bridgehead atoms. The lowest BCUT2D eigenvalue weighted by Gasteiger charge is -2.20. The fourth-order valence-electron chi connectivity index (χ4n) is 1.75. The van der Waals surface area contributed by atoms with E-state index in [9.17, 15) is 0 Å². The third-order valence-corrected chi connectivity index (χ3v) is 3.45. The van der Waals surface area contributed by atoms with Crippen molar-refractivity contribution in [1.82, 2.24) is 4.90 Å². The topological polar surface area (TPSA) is 21.7 Å². The first-order valence-corrected chi connectivity index (χ1v) is 7.13. The molecular weight excluding hydrogens is 294 g/mol. The summed E-state index contributed by atoms with van der Waals surface area (Å²) in [5.74, 6) is 0.871. The number of nitrogens with zero attached hydrogens (tertiary/aromatic N) is 1. The number of benzene rings is 1. The quantitative estimate of drug-likeness (QED) is 0.687. The number of hydrogen-bond donors (Lipinski definition) is 0. The molecule has 0 aliphatic carbocycles. The summed E-state index contributed by atoms with van der Waals surface area (Å²) in [6.45, 7) is 8.70. The molecule has 0 aliphatic heterocycles. The van der Waals surface area contributed by atoms with Crippen LogP contribution in [0.15, 0.2) is 22.7 Å². The molecule has 1 rings (SSSR count). The van der Waals surface area contributed by atoms with Crippen LogP contribution in [-0.2, 0) is 11.3 Å². The normalized spacial score (nSPS) is 10.9. The van der Waals surface area contributed by atoms with Crippen LogP contribution in [0.3, 0.4) is 0 Å². The summed E-state index contributed by atoms with van der Waals surface area (Å²) in [5.41, 5.74) is 1.28. The lowest BCUT2D eigenvalue weighted by atomic mass is 10.2. The van der Waals surface area contributed by atoms with Crippen LogP contribution in [0.5, 0.6) is 5.75 Å². The Hall–Kier alpha value is -0.580. The largest absolute Gasteiger partial charge is 0.496 e. The molecule has 0 unspecified atom stereocenters. The van der Waals surface area contributed by atoms with E-state index in [4.69, 9.17) is 9.47 Å². The van der Waals surface area contributed by atoms with Crippen LogP contribution in [0.2, 0.25) is 0 Å². The Morgan fingerprint density at radius 3 is 2.61 bits per heavy atom. The molecular formula is C14H22BrNO2. The van der Waals surface area contributed by atoms with E-state index < -0.39 is 0 Å². The lowest BCUT2D eigenvalue weighted by molar-refractivity contribution is 0.113. The summed E-state index contributed by atoms with van der Waals surface area (Å²) in [7, 11) is 1.68. The molecule has 0 spiro atoms. The van der Waals surface area contributed by atoms with Gasteiger partial charge in [-0.3, -0.25) is 4.90 Å². The molecule has 1 aromatic carbocycles. The zero-order valence-electron chi connectivity index (χ0n) is 11.4. The van der Waals surface area contributed by atoms with E-state index in [1.807, 2.05) is 13.0 Å². The molecule has 1 aromatic rings. The van der Waals surface area contributed by atoms with Gasteiger partial charge in [-0.05, 0) is 47.1 Å². The Morgan fingerprint density at radius 1 is 1.28 bits per heavy atom. The Balaban J connectivity index is 2.55. The van der Waals surface area contributed by atoms with E-state index in [1.165, 1.54) is 5.56 Å². The maximum atomic E-state index is 5.39. The molecule has 0 fully saturated rings. The van der Waals surface area contributed by atoms with Crippen LogP contribution in [0, 0.1) is 0 Å². The highest BCUT2D eigenvalue weighted by molar-refractivity contribution is 9.10. The third-order valence-electron chi connectivity index (χ3n) is 2.83. The Morgan fingerprint density at radius 2 is 2.06 bits per heavy atom. The van der Waals surface area contributed by atoms with Crippen molar-refractivity contribution in [3.63, 3.8) is 0 Å². The highest BCUT2D eigenvalue weighted by atomic mass is 79.9. The first kappa shape index (κ1) is 15.5. The summed E-state index contributed by atoms with van der Waals surface area (Å²) < 4.78 is 11.6. The van der Waals surface area contributed by atoms with Gasteiger partial charge >= 0.3 is 0 Å². The van der Waals surface area contributed by atoms with Gasteiger partial charge in [0.15, 0.2) is 0 Å². The van der Waals surface area contributed by atoms with Gasteiger partial charge in [0.1, 0.15) is 5.75 Å². The second-order valence-corrected chi connectivity index (χ2v) is 4.89. The molecule has 0 aliphatic rings. The Labute approximate surface area is 118 Å². The van der Waals surface area contributed by atoms with Crippen LogP contribution < -0.4 is 4.74 Å². The molecule has 3 nitrogen and oxygen atoms in total. The standard InChI is InChI=1S/C14H22BrNO2/c1-4-16(8-9-18-5-2)11-12-6-7-14(17-3)13(15)10-12/h6-7,10H,4-5,8-9,11H2,1-3H3. The van der Waals surface area contributed by atoms with E-state index in [1.54, 1.807) is 7.11 Å². The average Bonchev–Trinajstić information content (AvgIpc) is 2.38. The maximum absolute atomic E-state index is 5.39. The number of ether oxygens (including phenoxy) is 2. The van der Waals surface area contributed by atoms with Gasteiger partial charge < -0.3 is 9.47 Å². The zero-order valence-corrected chi connectivity index (χ0v) is 13.0. The molecule has 0 radical (unpaired) electrons. The van der Waals surface area contributed by atoms with Crippen LogP contribution >= 0.6 is 15.9 Å². The number of rotatable bonds is 8. The molecule has 0 atom stereocenters. The molecule has 0 amide bonds. The second-order valence-electron chi connectivity index (χ2n) is 4.03. The first-order chi connectivity index (χ1) is 8.71. The molecule has 0 aromatic heterocycles. The summed E-state index contributed by atoms with van der Waals surface area (Å²) >= 11 is 3.51. The summed E-state index contributed by atoms with van der Waals surface area (Å²) in [4.78, 5) is 2.36. The molecule has 0 N–H and O–H groups in total. The van der Waals surface area contributed by atoms with E-state index >= 15 is 0 Å². The van der Waals surface area contributed by atoms with Gasteiger partial charge in [0.2, 0.25) is 0 Å². The van der Waals surface area contributed by atoms with Crippen molar-refractivity contribution in [2.24, 2.45) is 0 Å². The van der Waals surface area contributed by atoms with E-state index in [-0.39, 0.29) is 0 Å². The minimum Gasteiger partial charge on any atom is -0.496 e. The molecule has 0 saturated heterocycles. The van der Waals surface area contributed by atoms with Crippen LogP contribution in [0.4, 0.5) is 0 Å². The van der Waals surface area contributed by atoms with Crippen molar-refractivity contribution in [3.8, 4) is 5.75 Å². The van der Waals surface area contributed by atoms with Crippen LogP contribution in [0.1, 0.15) is 19.4 Å². The van der Waals surface area contributed by atoms with Gasteiger partial charge in [-0.25, -0.2) is 0 Å². The monoisotopic (exact) mass is 315 g/mol. The Bertz CT molecular complexity index is 358. The minimum absolute atomic E-state index is 0.783. The second kappa shape index (κ2) is 8.51. The van der Waals surface area contributed by atoms with Gasteiger partial charge in [-0.15, -0.1) is 0 Å². The van der Waals surface area contributed by atoms with Crippen LogP contribution in [0.25, 0.3) is 0 Å². The van der Waals surface area contributed by atoms with Gasteiger partial charge in [-0.1, -0.05) is 13.0 Å². The van der Waals surface area contributed by atoms with E-state index in [0.29, 0.717) is 0 Å². The molecule has 0 heterocycles. The SMILES string of the molecule is CCOCCN(CC)Cc1ccc(OC)c(Br)c1. The van der Waals surface area contributed by atoms with Crippen molar-refractivity contribution in [3.05, 3.63) is 28.2 Å². The van der Waals surface area contributed by atoms with Crippen molar-refractivity contribution in [2.75, 3.05) is 33.4 Å². The summed E-state index contributed by atoms with van der Waals surface area (Å²) in [6.07, 6.45) is 0.